The average molecular weight is 158 g/mol. The summed E-state index contributed by atoms with van der Waals surface area (Å²) in [6.07, 6.45) is 9.61. The number of hydrogen-bond acceptors (Lipinski definition) is 0. The van der Waals surface area contributed by atoms with Crippen molar-refractivity contribution in [3.05, 3.63) is 35.5 Å². The first kappa shape index (κ1) is 6.71. The molecule has 4 unspecified atom stereocenters. The van der Waals surface area contributed by atoms with Gasteiger partial charge in [-0.3, -0.25) is 0 Å². The lowest BCUT2D eigenvalue weighted by Crippen LogP contribution is -2.22. The van der Waals surface area contributed by atoms with Gasteiger partial charge in [0.1, 0.15) is 0 Å². The van der Waals surface area contributed by atoms with E-state index in [1.54, 1.807) is 11.1 Å². The molecule has 3 rings (SSSR count). The molecule has 12 heavy (non-hydrogen) atoms. The Morgan fingerprint density at radius 1 is 0.917 bits per heavy atom. The van der Waals surface area contributed by atoms with Crippen molar-refractivity contribution in [3.8, 4) is 0 Å². The second kappa shape index (κ2) is 1.93. The summed E-state index contributed by atoms with van der Waals surface area (Å²) < 4.78 is 0. The summed E-state index contributed by atoms with van der Waals surface area (Å²) >= 11 is 0. The van der Waals surface area contributed by atoms with Crippen molar-refractivity contribution in [2.45, 2.75) is 13.8 Å². The molecule has 0 radical (unpaired) electrons. The highest BCUT2D eigenvalue weighted by Gasteiger charge is 2.49. The van der Waals surface area contributed by atoms with E-state index in [9.17, 15) is 0 Å². The lowest BCUT2D eigenvalue weighted by atomic mass is 9.75. The number of rotatable bonds is 0. The monoisotopic (exact) mass is 158 g/mol. The van der Waals surface area contributed by atoms with Crippen LogP contribution < -0.4 is 0 Å². The van der Waals surface area contributed by atoms with Crippen molar-refractivity contribution in [2.75, 3.05) is 0 Å². The van der Waals surface area contributed by atoms with Gasteiger partial charge in [0, 0.05) is 11.8 Å². The molecule has 0 aromatic carbocycles. The Kier molecular flexibility index (Phi) is 1.08. The van der Waals surface area contributed by atoms with Crippen molar-refractivity contribution in [3.63, 3.8) is 0 Å². The van der Waals surface area contributed by atoms with Gasteiger partial charge in [-0.1, -0.05) is 35.5 Å². The Morgan fingerprint density at radius 3 is 1.75 bits per heavy atom. The second-order valence-corrected chi connectivity index (χ2v) is 4.43. The van der Waals surface area contributed by atoms with Gasteiger partial charge in [-0.05, 0) is 25.7 Å². The van der Waals surface area contributed by atoms with E-state index in [0.29, 0.717) is 0 Å². The van der Waals surface area contributed by atoms with Crippen LogP contribution in [0, 0.1) is 23.7 Å². The zero-order chi connectivity index (χ0) is 8.29. The molecule has 0 aromatic heterocycles. The number of fused-ring (bicyclic) bond motifs is 5. The lowest BCUT2D eigenvalue weighted by molar-refractivity contribution is 0.401. The van der Waals surface area contributed by atoms with Crippen LogP contribution in [0.15, 0.2) is 35.5 Å². The van der Waals surface area contributed by atoms with Crippen LogP contribution in [0.1, 0.15) is 13.8 Å². The van der Waals surface area contributed by atoms with E-state index < -0.39 is 0 Å². The topological polar surface area (TPSA) is 0 Å². The summed E-state index contributed by atoms with van der Waals surface area (Å²) in [7, 11) is 0. The van der Waals surface area contributed by atoms with Crippen molar-refractivity contribution in [1.82, 2.24) is 0 Å². The molecule has 62 valence electrons. The van der Waals surface area contributed by atoms with Crippen LogP contribution in [0.5, 0.6) is 0 Å². The highest BCUT2D eigenvalue weighted by molar-refractivity contribution is 5.44. The van der Waals surface area contributed by atoms with Gasteiger partial charge in [0.05, 0.1) is 0 Å². The Hall–Kier alpha value is -0.780. The van der Waals surface area contributed by atoms with Crippen molar-refractivity contribution in [2.24, 2.45) is 23.7 Å². The minimum absolute atomic E-state index is 0.773. The first-order valence-electron chi connectivity index (χ1n) is 4.83. The smallest absolute Gasteiger partial charge is 0.00544 e. The minimum atomic E-state index is 0.773. The predicted octanol–water partition coefficient (Wildman–Crippen LogP) is 2.94. The minimum Gasteiger partial charge on any atom is -0.0836 e. The Labute approximate surface area is 73.7 Å². The van der Waals surface area contributed by atoms with E-state index in [1.165, 1.54) is 0 Å². The third kappa shape index (κ3) is 0.565. The molecule has 0 heteroatoms. The second-order valence-electron chi connectivity index (χ2n) is 4.43. The van der Waals surface area contributed by atoms with Crippen molar-refractivity contribution in [1.29, 1.82) is 0 Å². The van der Waals surface area contributed by atoms with Crippen LogP contribution in [-0.2, 0) is 0 Å². The average Bonchev–Trinajstić information content (AvgIpc) is 2.36. The molecule has 0 heterocycles. The molecular formula is C12H14. The number of hydrogen-bond donors (Lipinski definition) is 0. The van der Waals surface area contributed by atoms with E-state index in [4.69, 9.17) is 0 Å². The van der Waals surface area contributed by atoms with Gasteiger partial charge in [-0.2, -0.15) is 0 Å². The molecule has 0 N–H and O–H groups in total. The van der Waals surface area contributed by atoms with E-state index in [2.05, 4.69) is 38.2 Å². The van der Waals surface area contributed by atoms with E-state index >= 15 is 0 Å². The van der Waals surface area contributed by atoms with Crippen molar-refractivity contribution < 1.29 is 0 Å². The van der Waals surface area contributed by atoms with E-state index in [0.717, 1.165) is 23.7 Å². The maximum Gasteiger partial charge on any atom is 0.00544 e. The highest BCUT2D eigenvalue weighted by Crippen LogP contribution is 2.57. The van der Waals surface area contributed by atoms with Crippen LogP contribution in [0.3, 0.4) is 0 Å². The molecule has 4 atom stereocenters. The molecule has 3 aliphatic carbocycles. The van der Waals surface area contributed by atoms with Gasteiger partial charge in [0.15, 0.2) is 0 Å². The number of allylic oxidation sites excluding steroid dienone is 6. The normalized spacial score (nSPS) is 46.3. The molecule has 0 aromatic rings. The van der Waals surface area contributed by atoms with Crippen LogP contribution >= 0.6 is 0 Å². The summed E-state index contributed by atoms with van der Waals surface area (Å²) in [6, 6.07) is 0. The molecular weight excluding hydrogens is 144 g/mol. The van der Waals surface area contributed by atoms with E-state index in [-0.39, 0.29) is 0 Å². The van der Waals surface area contributed by atoms with Crippen LogP contribution in [0.4, 0.5) is 0 Å². The van der Waals surface area contributed by atoms with Gasteiger partial charge in [0.25, 0.3) is 0 Å². The molecule has 1 fully saturated rings. The Bertz CT molecular complexity index is 289. The third-order valence-corrected chi connectivity index (χ3v) is 3.65. The molecule has 0 amide bonds. The Morgan fingerprint density at radius 2 is 1.42 bits per heavy atom. The molecule has 0 nitrogen and oxygen atoms in total. The van der Waals surface area contributed by atoms with Gasteiger partial charge >= 0.3 is 0 Å². The summed E-state index contributed by atoms with van der Waals surface area (Å²) in [5.74, 6) is 3.28. The van der Waals surface area contributed by atoms with Gasteiger partial charge < -0.3 is 0 Å². The lowest BCUT2D eigenvalue weighted by Gasteiger charge is -2.29. The largest absolute Gasteiger partial charge is 0.0836 e. The maximum atomic E-state index is 2.41. The fourth-order valence-electron chi connectivity index (χ4n) is 3.09. The standard InChI is InChI=1S/C12H14/c1-7(2)12-10-5-6-11(12)9-4-3-8(9)10/h3-6,8-11H,1-2H3. The molecule has 1 saturated carbocycles. The third-order valence-electron chi connectivity index (χ3n) is 3.65. The first-order chi connectivity index (χ1) is 5.79. The molecule has 0 aliphatic heterocycles. The maximum absolute atomic E-state index is 2.41. The van der Waals surface area contributed by atoms with Gasteiger partial charge in [-0.15, -0.1) is 0 Å². The van der Waals surface area contributed by atoms with Gasteiger partial charge in [-0.25, -0.2) is 0 Å². The zero-order valence-electron chi connectivity index (χ0n) is 7.62. The Balaban J connectivity index is 2.12. The predicted molar refractivity (Wildman–Crippen MR) is 50.6 cm³/mol. The molecule has 3 aliphatic rings. The first-order valence-corrected chi connectivity index (χ1v) is 4.83. The summed E-state index contributed by atoms with van der Waals surface area (Å²) in [4.78, 5) is 0. The summed E-state index contributed by atoms with van der Waals surface area (Å²) in [5.41, 5.74) is 3.27. The fourth-order valence-corrected chi connectivity index (χ4v) is 3.09. The molecule has 0 saturated heterocycles. The van der Waals surface area contributed by atoms with Crippen LogP contribution in [-0.4, -0.2) is 0 Å². The van der Waals surface area contributed by atoms with Gasteiger partial charge in [0.2, 0.25) is 0 Å². The summed E-state index contributed by atoms with van der Waals surface area (Å²) in [5, 5.41) is 0. The SMILES string of the molecule is CC(C)=C1C2C=CC1C1C=CC21. The highest BCUT2D eigenvalue weighted by atomic mass is 14.5. The fraction of sp³-hybridized carbons (Fsp3) is 0.500. The summed E-state index contributed by atoms with van der Waals surface area (Å²) in [6.45, 7) is 4.51. The quantitative estimate of drug-likeness (QED) is 0.475. The van der Waals surface area contributed by atoms with Crippen LogP contribution in [0.25, 0.3) is 0 Å². The zero-order valence-corrected chi connectivity index (χ0v) is 7.62. The van der Waals surface area contributed by atoms with Crippen molar-refractivity contribution >= 4 is 0 Å². The van der Waals surface area contributed by atoms with E-state index in [1.807, 2.05) is 0 Å². The molecule has 0 spiro atoms. The molecule has 2 bridgehead atoms. The van der Waals surface area contributed by atoms with Crippen LogP contribution in [0.2, 0.25) is 0 Å².